The van der Waals surface area contributed by atoms with Gasteiger partial charge in [0.2, 0.25) is 0 Å². The molecule has 0 bridgehead atoms. The van der Waals surface area contributed by atoms with Crippen molar-refractivity contribution in [3.8, 4) is 10.6 Å². The van der Waals surface area contributed by atoms with Gasteiger partial charge in [0.1, 0.15) is 16.7 Å². The van der Waals surface area contributed by atoms with Gasteiger partial charge in [0.25, 0.3) is 0 Å². The molecule has 4 nitrogen and oxygen atoms in total. The van der Waals surface area contributed by atoms with Crippen molar-refractivity contribution >= 4 is 45.4 Å². The smallest absolute Gasteiger partial charge is 0.169 e. The molecule has 5 aromatic carbocycles. The van der Waals surface area contributed by atoms with E-state index >= 15 is 0 Å². The second kappa shape index (κ2) is 10.9. The molecule has 6 aromatic rings. The Morgan fingerprint density at radius 2 is 1.23 bits per heavy atom. The van der Waals surface area contributed by atoms with Crippen molar-refractivity contribution in [3.63, 3.8) is 0 Å². The Hall–Kier alpha value is -5.13. The van der Waals surface area contributed by atoms with Gasteiger partial charge in [-0.2, -0.15) is 0 Å². The molecule has 206 valence electrons. The molecule has 0 spiro atoms. The summed E-state index contributed by atoms with van der Waals surface area (Å²) in [4.78, 5) is 15.1. The summed E-state index contributed by atoms with van der Waals surface area (Å²) in [5.41, 5.74) is 6.71. The van der Waals surface area contributed by atoms with Crippen molar-refractivity contribution in [2.45, 2.75) is 18.5 Å². The standard InChI is InChI=1S/C38H28N4S/c1-4-10-27(11-5-1)35-40-36(28-12-6-2-7-13-28)42-37(41-35)29-19-16-25(17-20-29)31-21-18-26-22-23-33-34(32(26)24-31)39-38(43-33)30-14-8-3-9-15-30/h1-20,22-24,31,35H,21H2,(H,40,41,42). The molecule has 2 atom stereocenters. The minimum absolute atomic E-state index is 0.286. The Balaban J connectivity index is 1.12. The number of benzene rings is 5. The highest BCUT2D eigenvalue weighted by Crippen LogP contribution is 2.30. The fourth-order valence-electron chi connectivity index (χ4n) is 5.84. The maximum absolute atomic E-state index is 5.10. The van der Waals surface area contributed by atoms with Gasteiger partial charge >= 0.3 is 0 Å². The molecule has 2 unspecified atom stereocenters. The van der Waals surface area contributed by atoms with Crippen LogP contribution >= 0.6 is 11.3 Å². The van der Waals surface area contributed by atoms with Crippen LogP contribution in [0.15, 0.2) is 137 Å². The summed E-state index contributed by atoms with van der Waals surface area (Å²) < 4.78 is 1.23. The van der Waals surface area contributed by atoms with Crippen molar-refractivity contribution in [3.05, 3.63) is 160 Å². The Morgan fingerprint density at radius 1 is 0.605 bits per heavy atom. The molecule has 0 amide bonds. The lowest BCUT2D eigenvalue weighted by molar-refractivity contribution is 0.756. The summed E-state index contributed by atoms with van der Waals surface area (Å²) in [7, 11) is 0. The average molecular weight is 573 g/mol. The summed E-state index contributed by atoms with van der Waals surface area (Å²) >= 11 is 1.76. The van der Waals surface area contributed by atoms with Crippen LogP contribution in [0.25, 0.3) is 32.9 Å². The molecule has 2 heterocycles. The van der Waals surface area contributed by atoms with Crippen LogP contribution in [0.2, 0.25) is 0 Å². The number of hydrogen-bond donors (Lipinski definition) is 1. The minimum Gasteiger partial charge on any atom is -0.324 e. The molecule has 0 fully saturated rings. The van der Waals surface area contributed by atoms with E-state index in [9.17, 15) is 0 Å². The van der Waals surface area contributed by atoms with Crippen LogP contribution in [0, 0.1) is 0 Å². The monoisotopic (exact) mass is 572 g/mol. The lowest BCUT2D eigenvalue weighted by atomic mass is 9.90. The predicted molar refractivity (Wildman–Crippen MR) is 179 cm³/mol. The third-order valence-electron chi connectivity index (χ3n) is 8.11. The number of hydrogen-bond acceptors (Lipinski definition) is 5. The van der Waals surface area contributed by atoms with Crippen LogP contribution in [0.4, 0.5) is 0 Å². The second-order valence-corrected chi connectivity index (χ2v) is 11.9. The first-order valence-electron chi connectivity index (χ1n) is 14.6. The third-order valence-corrected chi connectivity index (χ3v) is 9.18. The molecule has 43 heavy (non-hydrogen) atoms. The van der Waals surface area contributed by atoms with Crippen LogP contribution in [0.1, 0.15) is 40.8 Å². The molecule has 5 heteroatoms. The normalized spacial score (nSPS) is 17.6. The Morgan fingerprint density at radius 3 is 1.93 bits per heavy atom. The summed E-state index contributed by atoms with van der Waals surface area (Å²) in [6, 6.07) is 44.3. The van der Waals surface area contributed by atoms with Gasteiger partial charge in [-0.15, -0.1) is 11.3 Å². The summed E-state index contributed by atoms with van der Waals surface area (Å²) in [6.07, 6.45) is 5.43. The van der Waals surface area contributed by atoms with E-state index in [0.717, 1.165) is 45.3 Å². The topological polar surface area (TPSA) is 49.6 Å². The zero-order chi connectivity index (χ0) is 28.6. The van der Waals surface area contributed by atoms with E-state index in [1.807, 2.05) is 42.5 Å². The molecule has 8 rings (SSSR count). The maximum atomic E-state index is 5.10. The number of aliphatic imine (C=N–C) groups is 2. The maximum Gasteiger partial charge on any atom is 0.169 e. The molecule has 0 saturated carbocycles. The van der Waals surface area contributed by atoms with E-state index in [4.69, 9.17) is 15.0 Å². The third kappa shape index (κ3) is 4.98. The highest BCUT2D eigenvalue weighted by Gasteiger charge is 2.21. The van der Waals surface area contributed by atoms with Gasteiger partial charge in [-0.05, 0) is 28.8 Å². The fourth-order valence-corrected chi connectivity index (χ4v) is 6.83. The van der Waals surface area contributed by atoms with Crippen LogP contribution in [-0.2, 0) is 0 Å². The van der Waals surface area contributed by atoms with E-state index in [2.05, 4.69) is 102 Å². The van der Waals surface area contributed by atoms with Crippen molar-refractivity contribution in [2.75, 3.05) is 0 Å². The van der Waals surface area contributed by atoms with Gasteiger partial charge in [0.05, 0.1) is 10.2 Å². The molecule has 2 aliphatic rings. The van der Waals surface area contributed by atoms with Gasteiger partial charge in [-0.1, -0.05) is 133 Å². The van der Waals surface area contributed by atoms with E-state index < -0.39 is 0 Å². The van der Waals surface area contributed by atoms with Gasteiger partial charge in [0, 0.05) is 27.8 Å². The Labute approximate surface area is 254 Å². The van der Waals surface area contributed by atoms with E-state index in [1.54, 1.807) is 11.3 Å². The molecule has 1 aliphatic heterocycles. The summed E-state index contributed by atoms with van der Waals surface area (Å²) in [5.74, 6) is 1.95. The van der Waals surface area contributed by atoms with Crippen molar-refractivity contribution in [2.24, 2.45) is 9.98 Å². The van der Waals surface area contributed by atoms with Gasteiger partial charge in [-0.25, -0.2) is 15.0 Å². The molecular weight excluding hydrogens is 545 g/mol. The predicted octanol–water partition coefficient (Wildman–Crippen LogP) is 7.21. The lowest BCUT2D eigenvalue weighted by Gasteiger charge is -2.22. The summed E-state index contributed by atoms with van der Waals surface area (Å²) in [5, 5.41) is 7.09. The number of aromatic nitrogens is 1. The number of amidine groups is 2. The summed E-state index contributed by atoms with van der Waals surface area (Å²) in [6.45, 7) is 0. The number of fused-ring (bicyclic) bond motifs is 3. The highest BCUT2D eigenvalue weighted by molar-refractivity contribution is 7.21. The largest absolute Gasteiger partial charge is 0.324 e. The zero-order valence-electron chi connectivity index (χ0n) is 23.4. The SMILES string of the molecule is C1=c2ccc3sc(-c4ccccc4)nc3c2=CC(c2ccc(C3=NC(c4ccccc4)N=C(c4ccccc4)N3)cc2)C1. The molecular formula is C38H28N4S. The molecule has 0 saturated heterocycles. The number of thiazole rings is 1. The van der Waals surface area contributed by atoms with Crippen LogP contribution in [-0.4, -0.2) is 16.7 Å². The zero-order valence-corrected chi connectivity index (χ0v) is 24.2. The first-order chi connectivity index (χ1) is 21.3. The quantitative estimate of drug-likeness (QED) is 0.237. The van der Waals surface area contributed by atoms with E-state index in [1.165, 1.54) is 26.3 Å². The van der Waals surface area contributed by atoms with Crippen molar-refractivity contribution in [1.29, 1.82) is 0 Å². The molecule has 1 N–H and O–H groups in total. The highest BCUT2D eigenvalue weighted by atomic mass is 32.1. The first kappa shape index (κ1) is 25.6. The van der Waals surface area contributed by atoms with Crippen molar-refractivity contribution < 1.29 is 0 Å². The second-order valence-electron chi connectivity index (χ2n) is 10.9. The number of rotatable bonds is 5. The number of nitrogens with zero attached hydrogens (tertiary/aromatic N) is 3. The molecule has 1 aliphatic carbocycles. The van der Waals surface area contributed by atoms with Gasteiger partial charge in [-0.3, -0.25) is 0 Å². The first-order valence-corrected chi connectivity index (χ1v) is 15.4. The average Bonchev–Trinajstić information content (AvgIpc) is 3.54. The minimum atomic E-state index is -0.300. The van der Waals surface area contributed by atoms with Crippen LogP contribution in [0.5, 0.6) is 0 Å². The van der Waals surface area contributed by atoms with Crippen molar-refractivity contribution in [1.82, 2.24) is 10.3 Å². The van der Waals surface area contributed by atoms with Gasteiger partial charge < -0.3 is 5.32 Å². The Bertz CT molecular complexity index is 2110. The van der Waals surface area contributed by atoms with Crippen LogP contribution < -0.4 is 15.8 Å². The molecule has 0 radical (unpaired) electrons. The Kier molecular flexibility index (Phi) is 6.50. The fraction of sp³-hybridized carbons (Fsp3) is 0.0789. The lowest BCUT2D eigenvalue weighted by Crippen LogP contribution is -2.36. The molecule has 1 aromatic heterocycles. The van der Waals surface area contributed by atoms with Crippen LogP contribution in [0.3, 0.4) is 0 Å². The van der Waals surface area contributed by atoms with Gasteiger partial charge in [0.15, 0.2) is 6.17 Å². The number of nitrogens with one attached hydrogen (secondary N) is 1. The van der Waals surface area contributed by atoms with E-state index in [0.29, 0.717) is 0 Å². The van der Waals surface area contributed by atoms with E-state index in [-0.39, 0.29) is 12.1 Å².